The van der Waals surface area contributed by atoms with Crippen molar-refractivity contribution >= 4 is 5.91 Å². The maximum atomic E-state index is 14.7. The van der Waals surface area contributed by atoms with Crippen LogP contribution < -0.4 is 22.1 Å². The van der Waals surface area contributed by atoms with Crippen LogP contribution in [0.3, 0.4) is 0 Å². The molecule has 3 rings (SSSR count). The molecule has 0 fully saturated rings. The summed E-state index contributed by atoms with van der Waals surface area (Å²) in [6.45, 7) is 8.15. The number of benzene rings is 2. The molecule has 2 atom stereocenters. The summed E-state index contributed by atoms with van der Waals surface area (Å²) in [4.78, 5) is 12.1. The molecule has 1 heterocycles. The van der Waals surface area contributed by atoms with Gasteiger partial charge in [0.25, 0.3) is 0 Å². The van der Waals surface area contributed by atoms with Crippen molar-refractivity contribution in [3.63, 3.8) is 0 Å². The second kappa shape index (κ2) is 12.3. The van der Waals surface area contributed by atoms with Crippen molar-refractivity contribution in [3.05, 3.63) is 83.7 Å². The maximum Gasteiger partial charge on any atom is 0.237 e. The largest absolute Gasteiger partial charge is 0.353 e. The SMILES string of the molecule is CC(C)(C)[C@@H](NCC[C@H](N)C(=O)NCCN)c1cc(-c2cc(F)ccc2F)cn1Cc1ccccc1. The zero-order valence-electron chi connectivity index (χ0n) is 21.2. The molecule has 0 spiro atoms. The van der Waals surface area contributed by atoms with E-state index in [0.717, 1.165) is 23.4 Å². The standard InChI is InChI=1S/C28H37F2N5O/c1-28(2,3)26(33-13-11-24(32)27(36)34-14-12-31)25-15-20(22-16-21(29)9-10-23(22)30)18-35(25)17-19-7-5-4-6-8-19/h4-10,15-16,18,24,26,33H,11-14,17,31-32H2,1-3H3,(H,34,36)/t24-,26-/m0/s1. The summed E-state index contributed by atoms with van der Waals surface area (Å²) in [5.74, 6) is -1.20. The van der Waals surface area contributed by atoms with Gasteiger partial charge in [-0.3, -0.25) is 4.79 Å². The molecule has 0 saturated heterocycles. The molecule has 0 radical (unpaired) electrons. The van der Waals surface area contributed by atoms with E-state index in [-0.39, 0.29) is 22.9 Å². The first-order valence-corrected chi connectivity index (χ1v) is 12.3. The molecule has 8 heteroatoms. The van der Waals surface area contributed by atoms with Crippen LogP contribution in [0.1, 0.15) is 44.5 Å². The van der Waals surface area contributed by atoms with E-state index in [4.69, 9.17) is 11.5 Å². The number of carbonyl (C=O) groups excluding carboxylic acids is 1. The van der Waals surface area contributed by atoms with Crippen LogP contribution in [0, 0.1) is 17.0 Å². The van der Waals surface area contributed by atoms with Crippen LogP contribution in [0.5, 0.6) is 0 Å². The third-order valence-corrected chi connectivity index (χ3v) is 6.11. The number of nitrogens with two attached hydrogens (primary N) is 2. The zero-order valence-corrected chi connectivity index (χ0v) is 21.2. The number of aromatic nitrogens is 1. The van der Waals surface area contributed by atoms with E-state index in [1.165, 1.54) is 6.07 Å². The summed E-state index contributed by atoms with van der Waals surface area (Å²) in [5.41, 5.74) is 14.1. The minimum absolute atomic E-state index is 0.147. The Kier molecular flexibility index (Phi) is 9.37. The van der Waals surface area contributed by atoms with Gasteiger partial charge in [-0.15, -0.1) is 0 Å². The maximum absolute atomic E-state index is 14.7. The molecule has 194 valence electrons. The highest BCUT2D eigenvalue weighted by molar-refractivity contribution is 5.81. The molecular formula is C28H37F2N5O. The van der Waals surface area contributed by atoms with Gasteiger partial charge in [0, 0.05) is 42.7 Å². The summed E-state index contributed by atoms with van der Waals surface area (Å²) in [6.07, 6.45) is 2.31. The van der Waals surface area contributed by atoms with E-state index in [1.807, 2.05) is 42.6 Å². The third-order valence-electron chi connectivity index (χ3n) is 6.11. The van der Waals surface area contributed by atoms with E-state index >= 15 is 0 Å². The zero-order chi connectivity index (χ0) is 26.3. The van der Waals surface area contributed by atoms with Crippen LogP contribution in [0.15, 0.2) is 60.8 Å². The van der Waals surface area contributed by atoms with E-state index in [0.29, 0.717) is 38.2 Å². The van der Waals surface area contributed by atoms with Gasteiger partial charge >= 0.3 is 0 Å². The quantitative estimate of drug-likeness (QED) is 0.322. The molecule has 0 aliphatic carbocycles. The van der Waals surface area contributed by atoms with Crippen molar-refractivity contribution in [2.75, 3.05) is 19.6 Å². The number of nitrogens with one attached hydrogen (secondary N) is 2. The van der Waals surface area contributed by atoms with Gasteiger partial charge in [-0.05, 0) is 48.2 Å². The number of nitrogens with zero attached hydrogens (tertiary/aromatic N) is 1. The lowest BCUT2D eigenvalue weighted by atomic mass is 9.84. The summed E-state index contributed by atoms with van der Waals surface area (Å²) < 4.78 is 30.7. The fourth-order valence-corrected chi connectivity index (χ4v) is 4.25. The minimum atomic E-state index is -0.655. The molecule has 0 saturated carbocycles. The summed E-state index contributed by atoms with van der Waals surface area (Å²) in [5, 5.41) is 6.27. The molecule has 0 aliphatic rings. The topological polar surface area (TPSA) is 98.1 Å². The molecule has 3 aromatic rings. The highest BCUT2D eigenvalue weighted by Crippen LogP contribution is 2.37. The molecule has 0 unspecified atom stereocenters. The Balaban J connectivity index is 1.92. The molecule has 1 aromatic heterocycles. The monoisotopic (exact) mass is 497 g/mol. The Morgan fingerprint density at radius 2 is 1.78 bits per heavy atom. The Labute approximate surface area is 212 Å². The Hall–Kier alpha value is -3.07. The van der Waals surface area contributed by atoms with E-state index in [1.54, 1.807) is 0 Å². The summed E-state index contributed by atoms with van der Waals surface area (Å²) in [6, 6.07) is 14.6. The van der Waals surface area contributed by atoms with Crippen LogP contribution in [-0.2, 0) is 11.3 Å². The van der Waals surface area contributed by atoms with E-state index in [2.05, 4.69) is 36.0 Å². The van der Waals surface area contributed by atoms with Crippen LogP contribution in [-0.4, -0.2) is 36.2 Å². The second-order valence-corrected chi connectivity index (χ2v) is 10.1. The number of amides is 1. The van der Waals surface area contributed by atoms with Gasteiger partial charge in [-0.25, -0.2) is 8.78 Å². The number of rotatable bonds is 11. The lowest BCUT2D eigenvalue weighted by Crippen LogP contribution is -2.44. The molecule has 2 aromatic carbocycles. The summed E-state index contributed by atoms with van der Waals surface area (Å²) in [7, 11) is 0. The van der Waals surface area contributed by atoms with Crippen molar-refractivity contribution in [1.29, 1.82) is 0 Å². The van der Waals surface area contributed by atoms with Crippen molar-refractivity contribution in [1.82, 2.24) is 15.2 Å². The smallest absolute Gasteiger partial charge is 0.237 e. The average Bonchev–Trinajstić information content (AvgIpc) is 3.24. The summed E-state index contributed by atoms with van der Waals surface area (Å²) >= 11 is 0. The number of halogens is 2. The van der Waals surface area contributed by atoms with Gasteiger partial charge in [0.1, 0.15) is 11.6 Å². The predicted molar refractivity (Wildman–Crippen MR) is 140 cm³/mol. The fourth-order valence-electron chi connectivity index (χ4n) is 4.25. The minimum Gasteiger partial charge on any atom is -0.353 e. The van der Waals surface area contributed by atoms with Crippen molar-refractivity contribution < 1.29 is 13.6 Å². The Bertz CT molecular complexity index is 1140. The number of hydrogen-bond donors (Lipinski definition) is 4. The first kappa shape index (κ1) is 27.5. The van der Waals surface area contributed by atoms with Gasteiger partial charge in [-0.2, -0.15) is 0 Å². The number of carbonyl (C=O) groups is 1. The molecule has 0 aliphatic heterocycles. The molecule has 36 heavy (non-hydrogen) atoms. The van der Waals surface area contributed by atoms with Crippen LogP contribution in [0.25, 0.3) is 11.1 Å². The van der Waals surface area contributed by atoms with Crippen molar-refractivity contribution in [2.24, 2.45) is 16.9 Å². The fraction of sp³-hybridized carbons (Fsp3) is 0.393. The molecule has 6 nitrogen and oxygen atoms in total. The first-order chi connectivity index (χ1) is 17.1. The van der Waals surface area contributed by atoms with E-state index in [9.17, 15) is 13.6 Å². The predicted octanol–water partition coefficient (Wildman–Crippen LogP) is 3.95. The third kappa shape index (κ3) is 7.22. The van der Waals surface area contributed by atoms with Gasteiger partial charge in [0.05, 0.1) is 12.1 Å². The van der Waals surface area contributed by atoms with Crippen molar-refractivity contribution in [2.45, 2.75) is 45.8 Å². The van der Waals surface area contributed by atoms with Gasteiger partial charge < -0.3 is 26.7 Å². The molecular weight excluding hydrogens is 460 g/mol. The van der Waals surface area contributed by atoms with E-state index < -0.39 is 17.7 Å². The lowest BCUT2D eigenvalue weighted by molar-refractivity contribution is -0.122. The van der Waals surface area contributed by atoms with Crippen LogP contribution in [0.2, 0.25) is 0 Å². The van der Waals surface area contributed by atoms with Crippen LogP contribution in [0.4, 0.5) is 8.78 Å². The lowest BCUT2D eigenvalue weighted by Gasteiger charge is -2.33. The highest BCUT2D eigenvalue weighted by atomic mass is 19.1. The van der Waals surface area contributed by atoms with Crippen LogP contribution >= 0.6 is 0 Å². The first-order valence-electron chi connectivity index (χ1n) is 12.3. The Morgan fingerprint density at radius 1 is 1.06 bits per heavy atom. The molecule has 0 bridgehead atoms. The second-order valence-electron chi connectivity index (χ2n) is 10.1. The molecule has 1 amide bonds. The normalized spacial score (nSPS) is 13.4. The Morgan fingerprint density at radius 3 is 2.44 bits per heavy atom. The van der Waals surface area contributed by atoms with Gasteiger partial charge in [0.15, 0.2) is 0 Å². The number of hydrogen-bond acceptors (Lipinski definition) is 4. The highest BCUT2D eigenvalue weighted by Gasteiger charge is 2.30. The van der Waals surface area contributed by atoms with Gasteiger partial charge in [0.2, 0.25) is 5.91 Å². The van der Waals surface area contributed by atoms with Crippen molar-refractivity contribution in [3.8, 4) is 11.1 Å². The molecule has 6 N–H and O–H groups in total. The average molecular weight is 498 g/mol. The van der Waals surface area contributed by atoms with Gasteiger partial charge in [-0.1, -0.05) is 51.1 Å².